The van der Waals surface area contributed by atoms with Crippen molar-refractivity contribution in [1.82, 2.24) is 5.32 Å². The Morgan fingerprint density at radius 3 is 1.24 bits per heavy atom. The van der Waals surface area contributed by atoms with Gasteiger partial charge in [-0.1, -0.05) is 287 Å². The molecule has 72 heavy (non-hydrogen) atoms. The zero-order valence-corrected chi connectivity index (χ0v) is 49.3. The summed E-state index contributed by atoms with van der Waals surface area (Å²) in [4.78, 5) is 25.5. The molecule has 0 spiro atoms. The molecule has 1 amide bonds. The topological polar surface area (TPSA) is 108 Å². The average Bonchev–Trinajstić information content (AvgIpc) is 3.34. The second kappa shape index (κ2) is 54.3. The van der Waals surface area contributed by atoms with Crippen LogP contribution < -0.4 is 10.2 Å². The van der Waals surface area contributed by atoms with Crippen LogP contribution in [0.1, 0.15) is 296 Å². The first kappa shape index (κ1) is 70.5. The van der Waals surface area contributed by atoms with Crippen LogP contribution in [0.3, 0.4) is 0 Å². The molecular weight excluding hydrogens is 912 g/mol. The van der Waals surface area contributed by atoms with Crippen LogP contribution >= 0.6 is 7.82 Å². The fraction of sp³-hybridized carbons (Fsp3) is 0.857. The number of carbonyl (C=O) groups is 1. The third kappa shape index (κ3) is 56.2. The number of rotatable bonds is 57. The summed E-state index contributed by atoms with van der Waals surface area (Å²) in [5.41, 5.74) is 0. The Balaban J connectivity index is 4.03. The number of amides is 1. The predicted octanol–water partition coefficient (Wildman–Crippen LogP) is 18.5. The number of hydrogen-bond donors (Lipinski definition) is 2. The number of allylic oxidation sites excluding steroid dienone is 8. The number of likely N-dealkylation sites (N-methyl/N-ethyl adjacent to an activating group) is 1. The molecule has 0 bridgehead atoms. The minimum atomic E-state index is -4.58. The van der Waals surface area contributed by atoms with Gasteiger partial charge in [0.05, 0.1) is 39.9 Å². The lowest BCUT2D eigenvalue weighted by atomic mass is 10.0. The summed E-state index contributed by atoms with van der Waals surface area (Å²) in [7, 11) is 1.29. The highest BCUT2D eigenvalue weighted by molar-refractivity contribution is 7.45. The van der Waals surface area contributed by atoms with Crippen molar-refractivity contribution in [3.8, 4) is 0 Å². The van der Waals surface area contributed by atoms with E-state index in [9.17, 15) is 19.4 Å². The summed E-state index contributed by atoms with van der Waals surface area (Å²) in [5.74, 6) is -0.186. The van der Waals surface area contributed by atoms with Crippen LogP contribution in [-0.2, 0) is 18.4 Å². The molecule has 0 aliphatic heterocycles. The standard InChI is InChI=1S/C63H121N2O6P/c1-6-8-10-12-14-16-18-20-22-24-25-26-27-28-29-30-31-32-33-34-35-36-37-38-39-41-42-44-46-48-50-52-54-56-62(66)61(60-71-72(68,69)70-59-58-65(3,4)5)64-63(67)57-55-53-51-49-47-45-43-40-23-21-19-17-15-13-11-9-7-2/h9,11,15,17,21,23,43,45,61-62,66H,6-8,10,12-14,16,18-20,22,24-42,44,46-60H2,1-5H3,(H-,64,67,68,69)/b11-9-,17-15-,23-21-,45-43-. The smallest absolute Gasteiger partial charge is 0.268 e. The van der Waals surface area contributed by atoms with Gasteiger partial charge in [-0.05, 0) is 51.4 Å². The van der Waals surface area contributed by atoms with Gasteiger partial charge in [0.2, 0.25) is 5.91 Å². The van der Waals surface area contributed by atoms with Crippen molar-refractivity contribution < 1.29 is 32.9 Å². The van der Waals surface area contributed by atoms with Gasteiger partial charge in [-0.25, -0.2) is 0 Å². The first-order valence-electron chi connectivity index (χ1n) is 31.0. The molecule has 0 aromatic rings. The number of nitrogens with zero attached hydrogens (tertiary/aromatic N) is 1. The van der Waals surface area contributed by atoms with Gasteiger partial charge in [-0.3, -0.25) is 9.36 Å². The van der Waals surface area contributed by atoms with Crippen molar-refractivity contribution in [3.05, 3.63) is 48.6 Å². The van der Waals surface area contributed by atoms with Crippen LogP contribution in [0, 0.1) is 0 Å². The second-order valence-electron chi connectivity index (χ2n) is 22.4. The molecule has 0 saturated heterocycles. The lowest BCUT2D eigenvalue weighted by Gasteiger charge is -2.30. The van der Waals surface area contributed by atoms with E-state index in [0.717, 1.165) is 77.0 Å². The van der Waals surface area contributed by atoms with Crippen molar-refractivity contribution >= 4 is 13.7 Å². The number of aliphatic hydroxyl groups is 1. The number of quaternary nitrogens is 1. The fourth-order valence-electron chi connectivity index (χ4n) is 9.27. The van der Waals surface area contributed by atoms with Gasteiger partial charge >= 0.3 is 0 Å². The molecule has 8 nitrogen and oxygen atoms in total. The Hall–Kier alpha value is -1.54. The molecule has 0 aliphatic rings. The number of aliphatic hydroxyl groups excluding tert-OH is 1. The van der Waals surface area contributed by atoms with E-state index in [2.05, 4.69) is 67.8 Å². The maximum atomic E-state index is 13.0. The summed E-state index contributed by atoms with van der Waals surface area (Å²) >= 11 is 0. The van der Waals surface area contributed by atoms with E-state index in [0.29, 0.717) is 23.9 Å². The molecule has 3 atom stereocenters. The molecule has 0 radical (unpaired) electrons. The highest BCUT2D eigenvalue weighted by Crippen LogP contribution is 2.38. The molecule has 0 fully saturated rings. The number of unbranched alkanes of at least 4 members (excludes halogenated alkanes) is 36. The molecular formula is C63H121N2O6P. The first-order valence-corrected chi connectivity index (χ1v) is 32.4. The SMILES string of the molecule is CC/C=C\C/C=C\C/C=C\C/C=C\CCCCCCC(=O)NC(COP(=O)([O-])OCC[N+](C)(C)C)C(O)CCCCCCCCCCCCCCCCCCCCCCCCCCCCCCCCCCC. The molecule has 3 unspecified atom stereocenters. The van der Waals surface area contributed by atoms with E-state index in [1.807, 2.05) is 21.1 Å². The normalized spacial score (nSPS) is 14.2. The Bertz CT molecular complexity index is 1310. The van der Waals surface area contributed by atoms with Gasteiger partial charge in [-0.15, -0.1) is 0 Å². The van der Waals surface area contributed by atoms with Crippen molar-refractivity contribution in [1.29, 1.82) is 0 Å². The predicted molar refractivity (Wildman–Crippen MR) is 311 cm³/mol. The summed E-state index contributed by atoms with van der Waals surface area (Å²) in [6.45, 7) is 4.62. The van der Waals surface area contributed by atoms with Crippen molar-refractivity contribution in [2.45, 2.75) is 309 Å². The Morgan fingerprint density at radius 1 is 0.500 bits per heavy atom. The number of phosphoric ester groups is 1. The molecule has 9 heteroatoms. The summed E-state index contributed by atoms with van der Waals surface area (Å²) in [5, 5.41) is 14.0. The Morgan fingerprint density at radius 2 is 0.847 bits per heavy atom. The van der Waals surface area contributed by atoms with Crippen LogP contribution in [0.25, 0.3) is 0 Å². The zero-order chi connectivity index (χ0) is 52.7. The minimum absolute atomic E-state index is 0.00581. The van der Waals surface area contributed by atoms with Gasteiger partial charge in [0.15, 0.2) is 0 Å². The largest absolute Gasteiger partial charge is 0.756 e. The van der Waals surface area contributed by atoms with Gasteiger partial charge in [0.25, 0.3) is 7.82 Å². The molecule has 0 aromatic carbocycles. The molecule has 0 aromatic heterocycles. The molecule has 0 rings (SSSR count). The van der Waals surface area contributed by atoms with Crippen LogP contribution in [0.2, 0.25) is 0 Å². The lowest BCUT2D eigenvalue weighted by Crippen LogP contribution is -2.46. The monoisotopic (exact) mass is 1030 g/mol. The maximum Gasteiger partial charge on any atom is 0.268 e. The van der Waals surface area contributed by atoms with E-state index >= 15 is 0 Å². The van der Waals surface area contributed by atoms with Crippen LogP contribution in [0.4, 0.5) is 0 Å². The number of phosphoric acid groups is 1. The van der Waals surface area contributed by atoms with Gasteiger partial charge in [0, 0.05) is 6.42 Å². The van der Waals surface area contributed by atoms with Gasteiger partial charge < -0.3 is 28.8 Å². The molecule has 0 saturated carbocycles. The Kier molecular flexibility index (Phi) is 53.1. The van der Waals surface area contributed by atoms with Crippen molar-refractivity contribution in [2.75, 3.05) is 40.9 Å². The quantitative estimate of drug-likeness (QED) is 0.0272. The van der Waals surface area contributed by atoms with E-state index in [1.165, 1.54) is 193 Å². The summed E-state index contributed by atoms with van der Waals surface area (Å²) in [6.07, 6.45) is 71.8. The third-order valence-electron chi connectivity index (χ3n) is 14.1. The number of nitrogens with one attached hydrogen (secondary N) is 1. The van der Waals surface area contributed by atoms with E-state index in [4.69, 9.17) is 9.05 Å². The second-order valence-corrected chi connectivity index (χ2v) is 23.8. The van der Waals surface area contributed by atoms with Crippen LogP contribution in [0.5, 0.6) is 0 Å². The Labute approximate surface area is 448 Å². The third-order valence-corrected chi connectivity index (χ3v) is 15.0. The molecule has 424 valence electrons. The zero-order valence-electron chi connectivity index (χ0n) is 48.4. The van der Waals surface area contributed by atoms with E-state index < -0.39 is 20.0 Å². The fourth-order valence-corrected chi connectivity index (χ4v) is 9.99. The summed E-state index contributed by atoms with van der Waals surface area (Å²) in [6, 6.07) is -0.816. The van der Waals surface area contributed by atoms with Gasteiger partial charge in [0.1, 0.15) is 13.2 Å². The van der Waals surface area contributed by atoms with Crippen molar-refractivity contribution in [3.63, 3.8) is 0 Å². The lowest BCUT2D eigenvalue weighted by molar-refractivity contribution is -0.870. The average molecular weight is 1030 g/mol. The van der Waals surface area contributed by atoms with Crippen LogP contribution in [-0.4, -0.2) is 68.5 Å². The number of carbonyl (C=O) groups excluding carboxylic acids is 1. The summed E-state index contributed by atoms with van der Waals surface area (Å²) < 4.78 is 23.4. The van der Waals surface area contributed by atoms with Crippen molar-refractivity contribution in [2.24, 2.45) is 0 Å². The van der Waals surface area contributed by atoms with Gasteiger partial charge in [-0.2, -0.15) is 0 Å². The highest BCUT2D eigenvalue weighted by Gasteiger charge is 2.24. The number of hydrogen-bond acceptors (Lipinski definition) is 6. The van der Waals surface area contributed by atoms with E-state index in [-0.39, 0.29) is 19.1 Å². The minimum Gasteiger partial charge on any atom is -0.756 e. The first-order chi connectivity index (χ1) is 35.0. The molecule has 0 heterocycles. The van der Waals surface area contributed by atoms with Crippen LogP contribution in [0.15, 0.2) is 48.6 Å². The van der Waals surface area contributed by atoms with E-state index in [1.54, 1.807) is 0 Å². The highest BCUT2D eigenvalue weighted by atomic mass is 31.2. The maximum absolute atomic E-state index is 13.0. The molecule has 0 aliphatic carbocycles. The molecule has 2 N–H and O–H groups in total.